The van der Waals surface area contributed by atoms with Crippen LogP contribution in [0.2, 0.25) is 0 Å². The average molecular weight is 245 g/mol. The minimum atomic E-state index is 0.853. The molecule has 0 unspecified atom stereocenters. The summed E-state index contributed by atoms with van der Waals surface area (Å²) in [6.07, 6.45) is 3.84. The lowest BCUT2D eigenvalue weighted by Crippen LogP contribution is -2.10. The normalized spacial score (nSPS) is 10.7. The Balaban J connectivity index is 2.54. The Morgan fingerprint density at radius 3 is 2.61 bits per heavy atom. The molecular formula is C13H19N5. The third-order valence-corrected chi connectivity index (χ3v) is 2.82. The molecule has 5 heteroatoms. The van der Waals surface area contributed by atoms with Crippen molar-refractivity contribution in [3.05, 3.63) is 29.3 Å². The molecule has 96 valence electrons. The minimum Gasteiger partial charge on any atom is -0.373 e. The van der Waals surface area contributed by atoms with E-state index in [2.05, 4.69) is 27.3 Å². The topological polar surface area (TPSA) is 55.6 Å². The fraction of sp³-hybridized carbons (Fsp3) is 0.462. The maximum absolute atomic E-state index is 4.60. The third-order valence-electron chi connectivity index (χ3n) is 2.82. The summed E-state index contributed by atoms with van der Waals surface area (Å²) in [6.45, 7) is 6.10. The van der Waals surface area contributed by atoms with Crippen LogP contribution in [0.5, 0.6) is 0 Å². The van der Waals surface area contributed by atoms with Crippen LogP contribution in [0.15, 0.2) is 12.3 Å². The van der Waals surface area contributed by atoms with E-state index >= 15 is 0 Å². The number of hydrogen-bond acceptors (Lipinski definition) is 4. The van der Waals surface area contributed by atoms with Crippen LogP contribution in [0.4, 0.5) is 5.82 Å². The SMILES string of the molecule is CCCc1nc(NC)c(C)c(-n2ccc(C)n2)n1. The van der Waals surface area contributed by atoms with Gasteiger partial charge in [0.05, 0.1) is 5.69 Å². The van der Waals surface area contributed by atoms with E-state index in [9.17, 15) is 0 Å². The van der Waals surface area contributed by atoms with Gasteiger partial charge in [-0.3, -0.25) is 0 Å². The van der Waals surface area contributed by atoms with E-state index in [1.54, 1.807) is 0 Å². The highest BCUT2D eigenvalue weighted by Crippen LogP contribution is 2.19. The van der Waals surface area contributed by atoms with Gasteiger partial charge in [0.15, 0.2) is 5.82 Å². The van der Waals surface area contributed by atoms with Gasteiger partial charge in [0, 0.05) is 25.2 Å². The smallest absolute Gasteiger partial charge is 0.162 e. The molecule has 1 N–H and O–H groups in total. The number of nitrogens with one attached hydrogen (secondary N) is 1. The fourth-order valence-corrected chi connectivity index (χ4v) is 1.88. The molecule has 0 aliphatic rings. The molecule has 0 aromatic carbocycles. The van der Waals surface area contributed by atoms with Crippen molar-refractivity contribution in [3.8, 4) is 5.82 Å². The van der Waals surface area contributed by atoms with E-state index in [-0.39, 0.29) is 0 Å². The quantitative estimate of drug-likeness (QED) is 0.897. The van der Waals surface area contributed by atoms with Crippen molar-refractivity contribution in [1.82, 2.24) is 19.7 Å². The van der Waals surface area contributed by atoms with Crippen LogP contribution in [-0.2, 0) is 6.42 Å². The molecule has 0 bridgehead atoms. The van der Waals surface area contributed by atoms with Gasteiger partial charge in [-0.15, -0.1) is 0 Å². The molecule has 2 heterocycles. The molecule has 5 nitrogen and oxygen atoms in total. The molecule has 0 aliphatic heterocycles. The zero-order valence-electron chi connectivity index (χ0n) is 11.4. The Kier molecular flexibility index (Phi) is 3.60. The lowest BCUT2D eigenvalue weighted by molar-refractivity contribution is 0.773. The molecule has 0 radical (unpaired) electrons. The van der Waals surface area contributed by atoms with Gasteiger partial charge in [-0.1, -0.05) is 6.92 Å². The van der Waals surface area contributed by atoms with E-state index in [1.165, 1.54) is 0 Å². The Bertz CT molecular complexity index is 544. The van der Waals surface area contributed by atoms with Gasteiger partial charge in [0.25, 0.3) is 0 Å². The summed E-state index contributed by atoms with van der Waals surface area (Å²) in [7, 11) is 1.88. The highest BCUT2D eigenvalue weighted by atomic mass is 15.3. The van der Waals surface area contributed by atoms with E-state index in [4.69, 9.17) is 0 Å². The second kappa shape index (κ2) is 5.16. The van der Waals surface area contributed by atoms with Gasteiger partial charge in [-0.05, 0) is 26.3 Å². The highest BCUT2D eigenvalue weighted by Gasteiger charge is 2.11. The standard InChI is InChI=1S/C13H19N5/c1-5-6-11-15-12(14-4)10(3)13(16-11)18-8-7-9(2)17-18/h7-8H,5-6H2,1-4H3,(H,14,15,16). The Morgan fingerprint density at radius 2 is 2.06 bits per heavy atom. The molecule has 18 heavy (non-hydrogen) atoms. The first-order chi connectivity index (χ1) is 8.65. The van der Waals surface area contributed by atoms with Crippen molar-refractivity contribution < 1.29 is 0 Å². The maximum atomic E-state index is 4.60. The van der Waals surface area contributed by atoms with Gasteiger partial charge in [0.1, 0.15) is 11.6 Å². The summed E-state index contributed by atoms with van der Waals surface area (Å²) in [5.74, 6) is 2.58. The van der Waals surface area contributed by atoms with Crippen LogP contribution in [0.25, 0.3) is 5.82 Å². The summed E-state index contributed by atoms with van der Waals surface area (Å²) in [6, 6.07) is 1.97. The zero-order valence-corrected chi connectivity index (χ0v) is 11.4. The summed E-state index contributed by atoms with van der Waals surface area (Å²) in [5.41, 5.74) is 2.00. The summed E-state index contributed by atoms with van der Waals surface area (Å²) in [4.78, 5) is 9.11. The maximum Gasteiger partial charge on any atom is 0.162 e. The van der Waals surface area contributed by atoms with Crippen LogP contribution in [0.1, 0.15) is 30.4 Å². The largest absolute Gasteiger partial charge is 0.373 e. The highest BCUT2D eigenvalue weighted by molar-refractivity contribution is 5.51. The predicted octanol–water partition coefficient (Wildman–Crippen LogP) is 2.27. The van der Waals surface area contributed by atoms with Gasteiger partial charge in [-0.2, -0.15) is 5.10 Å². The molecule has 0 amide bonds. The molecule has 2 rings (SSSR count). The fourth-order valence-electron chi connectivity index (χ4n) is 1.88. The number of hydrogen-bond donors (Lipinski definition) is 1. The van der Waals surface area contributed by atoms with Crippen LogP contribution in [0.3, 0.4) is 0 Å². The molecule has 0 atom stereocenters. The van der Waals surface area contributed by atoms with Crippen molar-refractivity contribution in [2.24, 2.45) is 0 Å². The number of nitrogens with zero attached hydrogens (tertiary/aromatic N) is 4. The minimum absolute atomic E-state index is 0.853. The van der Waals surface area contributed by atoms with Crippen molar-refractivity contribution in [2.75, 3.05) is 12.4 Å². The van der Waals surface area contributed by atoms with Gasteiger partial charge >= 0.3 is 0 Å². The summed E-state index contributed by atoms with van der Waals surface area (Å²) < 4.78 is 1.81. The van der Waals surface area contributed by atoms with E-state index in [0.29, 0.717) is 0 Å². The van der Waals surface area contributed by atoms with E-state index < -0.39 is 0 Å². The molecule has 2 aromatic rings. The van der Waals surface area contributed by atoms with Crippen molar-refractivity contribution in [3.63, 3.8) is 0 Å². The lowest BCUT2D eigenvalue weighted by Gasteiger charge is -2.11. The first-order valence-corrected chi connectivity index (χ1v) is 6.23. The van der Waals surface area contributed by atoms with Crippen LogP contribution in [-0.4, -0.2) is 26.8 Å². The first kappa shape index (κ1) is 12.5. The Hall–Kier alpha value is -1.91. The Morgan fingerprint density at radius 1 is 1.28 bits per heavy atom. The molecule has 0 saturated carbocycles. The lowest BCUT2D eigenvalue weighted by atomic mass is 10.2. The Labute approximate surface area is 107 Å². The molecule has 0 saturated heterocycles. The molecule has 2 aromatic heterocycles. The van der Waals surface area contributed by atoms with E-state index in [1.807, 2.05) is 37.8 Å². The number of aromatic nitrogens is 4. The second-order valence-corrected chi connectivity index (χ2v) is 4.34. The molecular weight excluding hydrogens is 226 g/mol. The molecule has 0 spiro atoms. The second-order valence-electron chi connectivity index (χ2n) is 4.34. The van der Waals surface area contributed by atoms with Crippen LogP contribution in [0, 0.1) is 13.8 Å². The van der Waals surface area contributed by atoms with E-state index in [0.717, 1.165) is 41.6 Å². The molecule has 0 aliphatic carbocycles. The number of anilines is 1. The van der Waals surface area contributed by atoms with Gasteiger partial charge in [-0.25, -0.2) is 14.6 Å². The van der Waals surface area contributed by atoms with Crippen molar-refractivity contribution in [2.45, 2.75) is 33.6 Å². The zero-order chi connectivity index (χ0) is 13.1. The summed E-state index contributed by atoms with van der Waals surface area (Å²) >= 11 is 0. The van der Waals surface area contributed by atoms with Crippen molar-refractivity contribution >= 4 is 5.82 Å². The monoisotopic (exact) mass is 245 g/mol. The molecule has 0 fully saturated rings. The van der Waals surface area contributed by atoms with Gasteiger partial charge < -0.3 is 5.32 Å². The third kappa shape index (κ3) is 2.34. The average Bonchev–Trinajstić information content (AvgIpc) is 2.78. The van der Waals surface area contributed by atoms with Crippen LogP contribution < -0.4 is 5.32 Å². The number of rotatable bonds is 4. The number of aryl methyl sites for hydroxylation is 2. The van der Waals surface area contributed by atoms with Crippen LogP contribution >= 0.6 is 0 Å². The summed E-state index contributed by atoms with van der Waals surface area (Å²) in [5, 5.41) is 7.54. The van der Waals surface area contributed by atoms with Gasteiger partial charge in [0.2, 0.25) is 0 Å². The van der Waals surface area contributed by atoms with Crippen molar-refractivity contribution in [1.29, 1.82) is 0 Å². The first-order valence-electron chi connectivity index (χ1n) is 6.23. The predicted molar refractivity (Wildman–Crippen MR) is 72.2 cm³/mol.